The molecule has 0 aromatic carbocycles. The van der Waals surface area contributed by atoms with Crippen molar-refractivity contribution in [2.75, 3.05) is 53.0 Å². The molecule has 0 aromatic rings. The molecule has 0 atom stereocenters. The lowest BCUT2D eigenvalue weighted by molar-refractivity contribution is 0.141. The molecule has 1 aliphatic heterocycles. The Hall–Kier alpha value is -0.810. The number of hydrogen-bond donors (Lipinski definition) is 2. The highest BCUT2D eigenvalue weighted by Gasteiger charge is 2.33. The second-order valence-corrected chi connectivity index (χ2v) is 7.83. The Morgan fingerprint density at radius 2 is 1.84 bits per heavy atom. The fourth-order valence-corrected chi connectivity index (χ4v) is 4.19. The summed E-state index contributed by atoms with van der Waals surface area (Å²) < 4.78 is 5.33. The van der Waals surface area contributed by atoms with Gasteiger partial charge in [-0.25, -0.2) is 0 Å². The predicted molar refractivity (Wildman–Crippen MR) is 106 cm³/mol. The van der Waals surface area contributed by atoms with E-state index >= 15 is 0 Å². The van der Waals surface area contributed by atoms with E-state index in [2.05, 4.69) is 22.5 Å². The van der Waals surface area contributed by atoms with Crippen molar-refractivity contribution in [3.8, 4) is 0 Å². The number of ether oxygens (including phenoxy) is 1. The van der Waals surface area contributed by atoms with Crippen LogP contribution in [0, 0.1) is 5.41 Å². The lowest BCUT2D eigenvalue weighted by atomic mass is 9.83. The minimum Gasteiger partial charge on any atom is -0.385 e. The van der Waals surface area contributed by atoms with Crippen LogP contribution in [-0.2, 0) is 4.74 Å². The predicted octanol–water partition coefficient (Wildman–Crippen LogP) is 3.01. The molecule has 2 rings (SSSR count). The van der Waals surface area contributed by atoms with Gasteiger partial charge < -0.3 is 20.3 Å². The van der Waals surface area contributed by atoms with Gasteiger partial charge in [0.2, 0.25) is 0 Å². The molecule has 0 amide bonds. The van der Waals surface area contributed by atoms with E-state index < -0.39 is 0 Å². The van der Waals surface area contributed by atoms with Gasteiger partial charge in [0.1, 0.15) is 0 Å². The summed E-state index contributed by atoms with van der Waals surface area (Å²) >= 11 is 0. The average Bonchev–Trinajstić information content (AvgIpc) is 3.30. The normalized spacial score (nSPS) is 21.0. The highest BCUT2D eigenvalue weighted by molar-refractivity contribution is 5.79. The molecule has 25 heavy (non-hydrogen) atoms. The van der Waals surface area contributed by atoms with Crippen LogP contribution >= 0.6 is 0 Å². The molecule has 0 bridgehead atoms. The molecule has 1 saturated carbocycles. The average molecular weight is 353 g/mol. The molecular weight excluding hydrogens is 312 g/mol. The maximum atomic E-state index is 5.33. The summed E-state index contributed by atoms with van der Waals surface area (Å²) in [4.78, 5) is 7.52. The second-order valence-electron chi connectivity index (χ2n) is 7.83. The molecular formula is C20H40N4O. The van der Waals surface area contributed by atoms with Crippen molar-refractivity contribution in [2.24, 2.45) is 10.4 Å². The van der Waals surface area contributed by atoms with Gasteiger partial charge in [0.05, 0.1) is 0 Å². The highest BCUT2D eigenvalue weighted by atomic mass is 16.5. The maximum Gasteiger partial charge on any atom is 0.191 e. The Kier molecular flexibility index (Phi) is 9.63. The monoisotopic (exact) mass is 352 g/mol. The van der Waals surface area contributed by atoms with Gasteiger partial charge in [-0.1, -0.05) is 12.8 Å². The second kappa shape index (κ2) is 11.7. The summed E-state index contributed by atoms with van der Waals surface area (Å²) in [6, 6.07) is 0. The number of unbranched alkanes of at least 4 members (excludes halogenated alkanes) is 1. The van der Waals surface area contributed by atoms with E-state index in [-0.39, 0.29) is 0 Å². The van der Waals surface area contributed by atoms with Crippen LogP contribution in [0.15, 0.2) is 4.99 Å². The van der Waals surface area contributed by atoms with Crippen LogP contribution in [0.4, 0.5) is 0 Å². The third kappa shape index (κ3) is 7.53. The van der Waals surface area contributed by atoms with Crippen LogP contribution < -0.4 is 10.6 Å². The molecule has 0 radical (unpaired) electrons. The van der Waals surface area contributed by atoms with E-state index in [4.69, 9.17) is 9.73 Å². The van der Waals surface area contributed by atoms with Gasteiger partial charge in [0.25, 0.3) is 0 Å². The zero-order valence-corrected chi connectivity index (χ0v) is 16.6. The van der Waals surface area contributed by atoms with Crippen LogP contribution in [-0.4, -0.2) is 63.8 Å². The summed E-state index contributed by atoms with van der Waals surface area (Å²) in [6.07, 6.45) is 11.7. The number of aliphatic imine (C=N–C) groups is 1. The lowest BCUT2D eigenvalue weighted by Gasteiger charge is -2.27. The zero-order chi connectivity index (χ0) is 17.8. The van der Waals surface area contributed by atoms with Crippen LogP contribution in [0.1, 0.15) is 64.7 Å². The summed E-state index contributed by atoms with van der Waals surface area (Å²) in [5, 5.41) is 6.94. The van der Waals surface area contributed by atoms with Crippen molar-refractivity contribution in [1.29, 1.82) is 0 Å². The quantitative estimate of drug-likeness (QED) is 0.341. The number of guanidine groups is 1. The van der Waals surface area contributed by atoms with Gasteiger partial charge in [0, 0.05) is 33.4 Å². The SMILES string of the molecule is CCNC(=NCC1(CCOC)CCCC1)NCCCCN1CCCC1. The van der Waals surface area contributed by atoms with Crippen molar-refractivity contribution in [3.05, 3.63) is 0 Å². The molecule has 2 fully saturated rings. The third-order valence-electron chi connectivity index (χ3n) is 5.81. The smallest absolute Gasteiger partial charge is 0.191 e. The molecule has 2 N–H and O–H groups in total. The number of likely N-dealkylation sites (tertiary alicyclic amines) is 1. The fraction of sp³-hybridized carbons (Fsp3) is 0.950. The first-order valence-electron chi connectivity index (χ1n) is 10.5. The van der Waals surface area contributed by atoms with E-state index in [1.807, 2.05) is 0 Å². The Labute approximate surface area is 155 Å². The molecule has 5 nitrogen and oxygen atoms in total. The van der Waals surface area contributed by atoms with Gasteiger partial charge in [-0.05, 0) is 76.9 Å². The van der Waals surface area contributed by atoms with E-state index in [1.165, 1.54) is 71.0 Å². The van der Waals surface area contributed by atoms with Gasteiger partial charge >= 0.3 is 0 Å². The summed E-state index contributed by atoms with van der Waals surface area (Å²) in [5.74, 6) is 0.993. The Balaban J connectivity index is 1.70. The van der Waals surface area contributed by atoms with Gasteiger partial charge in [-0.15, -0.1) is 0 Å². The molecule has 5 heteroatoms. The van der Waals surface area contributed by atoms with E-state index in [0.29, 0.717) is 5.41 Å². The maximum absolute atomic E-state index is 5.33. The Morgan fingerprint density at radius 3 is 2.52 bits per heavy atom. The highest BCUT2D eigenvalue weighted by Crippen LogP contribution is 2.41. The van der Waals surface area contributed by atoms with Crippen molar-refractivity contribution in [3.63, 3.8) is 0 Å². The molecule has 0 aromatic heterocycles. The van der Waals surface area contributed by atoms with Crippen molar-refractivity contribution >= 4 is 5.96 Å². The number of rotatable bonds is 11. The van der Waals surface area contributed by atoms with Crippen LogP contribution in [0.25, 0.3) is 0 Å². The molecule has 1 aliphatic carbocycles. The molecule has 1 saturated heterocycles. The van der Waals surface area contributed by atoms with Gasteiger partial charge in [-0.2, -0.15) is 0 Å². The minimum atomic E-state index is 0.369. The molecule has 2 aliphatic rings. The zero-order valence-electron chi connectivity index (χ0n) is 16.6. The van der Waals surface area contributed by atoms with E-state index in [0.717, 1.165) is 38.6 Å². The largest absolute Gasteiger partial charge is 0.385 e. The molecule has 0 unspecified atom stereocenters. The Bertz CT molecular complexity index is 374. The lowest BCUT2D eigenvalue weighted by Crippen LogP contribution is -2.39. The first kappa shape index (κ1) is 20.5. The molecule has 1 heterocycles. The van der Waals surface area contributed by atoms with Gasteiger partial charge in [0.15, 0.2) is 5.96 Å². The molecule has 0 spiro atoms. The first-order chi connectivity index (χ1) is 12.3. The Morgan fingerprint density at radius 1 is 1.08 bits per heavy atom. The summed E-state index contributed by atoms with van der Waals surface area (Å²) in [5.41, 5.74) is 0.369. The number of methoxy groups -OCH3 is 1. The minimum absolute atomic E-state index is 0.369. The number of nitrogens with one attached hydrogen (secondary N) is 2. The van der Waals surface area contributed by atoms with Crippen molar-refractivity contribution in [1.82, 2.24) is 15.5 Å². The van der Waals surface area contributed by atoms with Crippen LogP contribution in [0.2, 0.25) is 0 Å². The summed E-state index contributed by atoms with van der Waals surface area (Å²) in [7, 11) is 1.81. The van der Waals surface area contributed by atoms with Gasteiger partial charge in [-0.3, -0.25) is 4.99 Å². The van der Waals surface area contributed by atoms with Crippen molar-refractivity contribution < 1.29 is 4.74 Å². The third-order valence-corrected chi connectivity index (χ3v) is 5.81. The van der Waals surface area contributed by atoms with E-state index in [9.17, 15) is 0 Å². The van der Waals surface area contributed by atoms with E-state index in [1.54, 1.807) is 7.11 Å². The fourth-order valence-electron chi connectivity index (χ4n) is 4.19. The number of hydrogen-bond acceptors (Lipinski definition) is 3. The van der Waals surface area contributed by atoms with Crippen LogP contribution in [0.5, 0.6) is 0 Å². The standard InChI is InChI=1S/C20H40N4O/c1-3-21-19(22-13-6-7-14-24-15-8-9-16-24)23-18-20(12-17-25-2)10-4-5-11-20/h3-18H2,1-2H3,(H2,21,22,23). The number of nitrogens with zero attached hydrogens (tertiary/aromatic N) is 2. The first-order valence-corrected chi connectivity index (χ1v) is 10.5. The molecule has 146 valence electrons. The van der Waals surface area contributed by atoms with Crippen LogP contribution in [0.3, 0.4) is 0 Å². The summed E-state index contributed by atoms with van der Waals surface area (Å²) in [6.45, 7) is 9.74. The van der Waals surface area contributed by atoms with Crippen molar-refractivity contribution in [2.45, 2.75) is 64.7 Å². The topological polar surface area (TPSA) is 48.9 Å².